The van der Waals surface area contributed by atoms with Crippen LogP contribution in [0.5, 0.6) is 0 Å². The Morgan fingerprint density at radius 2 is 1.80 bits per heavy atom. The fourth-order valence-electron chi connectivity index (χ4n) is 2.69. The monoisotopic (exact) mass is 345 g/mol. The summed E-state index contributed by atoms with van der Waals surface area (Å²) >= 11 is 0. The van der Waals surface area contributed by atoms with Gasteiger partial charge in [-0.1, -0.05) is 18.2 Å². The van der Waals surface area contributed by atoms with E-state index in [1.165, 1.54) is 20.8 Å². The maximum atomic E-state index is 13.4. The van der Waals surface area contributed by atoms with Crippen molar-refractivity contribution in [3.63, 3.8) is 0 Å². The van der Waals surface area contributed by atoms with Crippen molar-refractivity contribution < 1.29 is 18.4 Å². The summed E-state index contributed by atoms with van der Waals surface area (Å²) in [6, 6.07) is 12.0. The number of amides is 3. The number of urea groups is 1. The van der Waals surface area contributed by atoms with Crippen molar-refractivity contribution in [2.45, 2.75) is 0 Å². The van der Waals surface area contributed by atoms with E-state index in [-0.39, 0.29) is 18.1 Å². The highest BCUT2D eigenvalue weighted by Crippen LogP contribution is 2.22. The summed E-state index contributed by atoms with van der Waals surface area (Å²) in [5.41, 5.74) is 1.01. The van der Waals surface area contributed by atoms with Crippen LogP contribution < -0.4 is 9.80 Å². The molecule has 0 saturated carbocycles. The van der Waals surface area contributed by atoms with Crippen LogP contribution in [0.4, 0.5) is 25.0 Å². The average molecular weight is 345 g/mol. The fourth-order valence-corrected chi connectivity index (χ4v) is 2.69. The molecule has 3 amide bonds. The number of halogens is 2. The van der Waals surface area contributed by atoms with Crippen LogP contribution in [0, 0.1) is 11.6 Å². The van der Waals surface area contributed by atoms with E-state index in [0.29, 0.717) is 13.1 Å². The molecular formula is C18H17F2N3O2. The molecule has 0 N–H and O–H groups in total. The molecule has 0 spiro atoms. The van der Waals surface area contributed by atoms with Crippen molar-refractivity contribution in [3.05, 3.63) is 60.2 Å². The van der Waals surface area contributed by atoms with Gasteiger partial charge in [-0.25, -0.2) is 13.6 Å². The van der Waals surface area contributed by atoms with Crippen LogP contribution in [0.2, 0.25) is 0 Å². The zero-order valence-corrected chi connectivity index (χ0v) is 13.7. The van der Waals surface area contributed by atoms with Crippen LogP contribution in [-0.4, -0.2) is 43.5 Å². The number of hydrogen-bond acceptors (Lipinski definition) is 2. The SMILES string of the molecule is CN(C(=O)CN1CCN(c2ccc(F)c(F)c2)C1=O)c1ccccc1. The number of anilines is 2. The minimum atomic E-state index is -1.01. The van der Waals surface area contributed by atoms with Gasteiger partial charge in [-0.05, 0) is 24.3 Å². The average Bonchev–Trinajstić information content (AvgIpc) is 2.98. The standard InChI is InChI=1S/C18H17F2N3O2/c1-21(13-5-3-2-4-6-13)17(24)12-22-9-10-23(18(22)25)14-7-8-15(19)16(20)11-14/h2-8,11H,9-10,12H2,1H3. The molecule has 0 aliphatic carbocycles. The molecule has 1 aliphatic heterocycles. The predicted octanol–water partition coefficient (Wildman–Crippen LogP) is 2.87. The predicted molar refractivity (Wildman–Crippen MR) is 90.5 cm³/mol. The van der Waals surface area contributed by atoms with Gasteiger partial charge in [-0.15, -0.1) is 0 Å². The van der Waals surface area contributed by atoms with Gasteiger partial charge < -0.3 is 9.80 Å². The second kappa shape index (κ2) is 6.88. The second-order valence-corrected chi connectivity index (χ2v) is 5.74. The highest BCUT2D eigenvalue weighted by atomic mass is 19.2. The second-order valence-electron chi connectivity index (χ2n) is 5.74. The van der Waals surface area contributed by atoms with Crippen LogP contribution >= 0.6 is 0 Å². The molecule has 5 nitrogen and oxygen atoms in total. The number of carbonyl (C=O) groups is 2. The summed E-state index contributed by atoms with van der Waals surface area (Å²) in [5.74, 6) is -2.21. The summed E-state index contributed by atoms with van der Waals surface area (Å²) in [6.07, 6.45) is 0. The van der Waals surface area contributed by atoms with Gasteiger partial charge in [-0.3, -0.25) is 9.69 Å². The molecule has 2 aromatic rings. The highest BCUT2D eigenvalue weighted by molar-refractivity contribution is 6.00. The van der Waals surface area contributed by atoms with E-state index in [0.717, 1.165) is 17.8 Å². The smallest absolute Gasteiger partial charge is 0.314 e. The molecule has 0 atom stereocenters. The number of carbonyl (C=O) groups excluding carboxylic acids is 2. The maximum Gasteiger partial charge on any atom is 0.325 e. The molecule has 1 saturated heterocycles. The molecule has 0 bridgehead atoms. The summed E-state index contributed by atoms with van der Waals surface area (Å²) in [4.78, 5) is 29.1. The minimum absolute atomic E-state index is 0.0790. The van der Waals surface area contributed by atoms with Gasteiger partial charge in [0.1, 0.15) is 6.54 Å². The van der Waals surface area contributed by atoms with Crippen molar-refractivity contribution >= 4 is 23.3 Å². The molecule has 130 valence electrons. The van der Waals surface area contributed by atoms with Gasteiger partial charge >= 0.3 is 6.03 Å². The summed E-state index contributed by atoms with van der Waals surface area (Å²) < 4.78 is 26.4. The van der Waals surface area contributed by atoms with Gasteiger partial charge in [0.25, 0.3) is 0 Å². The third-order valence-corrected chi connectivity index (χ3v) is 4.15. The molecule has 25 heavy (non-hydrogen) atoms. The molecule has 0 radical (unpaired) electrons. The van der Waals surface area contributed by atoms with E-state index < -0.39 is 17.7 Å². The maximum absolute atomic E-state index is 13.4. The van der Waals surface area contributed by atoms with E-state index in [1.807, 2.05) is 18.2 Å². The van der Waals surface area contributed by atoms with Crippen LogP contribution in [0.3, 0.4) is 0 Å². The Labute approximate surface area is 144 Å². The Morgan fingerprint density at radius 1 is 1.08 bits per heavy atom. The summed E-state index contributed by atoms with van der Waals surface area (Å²) in [5, 5.41) is 0. The van der Waals surface area contributed by atoms with Crippen molar-refractivity contribution in [1.29, 1.82) is 0 Å². The molecule has 1 aliphatic rings. The number of rotatable bonds is 4. The Bertz CT molecular complexity index is 798. The molecular weight excluding hydrogens is 328 g/mol. The lowest BCUT2D eigenvalue weighted by molar-refractivity contribution is -0.118. The van der Waals surface area contributed by atoms with Crippen molar-refractivity contribution in [3.8, 4) is 0 Å². The van der Waals surface area contributed by atoms with Gasteiger partial charge in [-0.2, -0.15) is 0 Å². The van der Waals surface area contributed by atoms with Crippen molar-refractivity contribution in [1.82, 2.24) is 4.90 Å². The van der Waals surface area contributed by atoms with Crippen LogP contribution in [-0.2, 0) is 4.79 Å². The molecule has 3 rings (SSSR count). The van der Waals surface area contributed by atoms with Crippen molar-refractivity contribution in [2.24, 2.45) is 0 Å². The number of benzene rings is 2. The third kappa shape index (κ3) is 3.45. The number of para-hydroxylation sites is 1. The van der Waals surface area contributed by atoms with Gasteiger partial charge in [0.05, 0.1) is 0 Å². The third-order valence-electron chi connectivity index (χ3n) is 4.15. The summed E-state index contributed by atoms with van der Waals surface area (Å²) in [7, 11) is 1.64. The van der Waals surface area contributed by atoms with Gasteiger partial charge in [0.2, 0.25) is 5.91 Å². The first-order chi connectivity index (χ1) is 12.0. The zero-order valence-electron chi connectivity index (χ0n) is 13.7. The van der Waals surface area contributed by atoms with Crippen LogP contribution in [0.15, 0.2) is 48.5 Å². The van der Waals surface area contributed by atoms with E-state index in [2.05, 4.69) is 0 Å². The highest BCUT2D eigenvalue weighted by Gasteiger charge is 2.32. The molecule has 1 fully saturated rings. The number of hydrogen-bond donors (Lipinski definition) is 0. The quantitative estimate of drug-likeness (QED) is 0.855. The topological polar surface area (TPSA) is 43.9 Å². The number of likely N-dealkylation sites (N-methyl/N-ethyl adjacent to an activating group) is 1. The largest absolute Gasteiger partial charge is 0.325 e. The molecule has 1 heterocycles. The lowest BCUT2D eigenvalue weighted by Crippen LogP contribution is -2.40. The number of nitrogens with zero attached hydrogens (tertiary/aromatic N) is 3. The first kappa shape index (κ1) is 16.9. The Kier molecular flexibility index (Phi) is 4.65. The molecule has 0 aromatic heterocycles. The summed E-state index contributed by atoms with van der Waals surface area (Å²) in [6.45, 7) is 0.572. The zero-order chi connectivity index (χ0) is 18.0. The van der Waals surface area contributed by atoms with E-state index in [1.54, 1.807) is 19.2 Å². The minimum Gasteiger partial charge on any atom is -0.314 e. The first-order valence-electron chi connectivity index (χ1n) is 7.80. The van der Waals surface area contributed by atoms with Crippen LogP contribution in [0.1, 0.15) is 0 Å². The molecule has 2 aromatic carbocycles. The Balaban J connectivity index is 1.67. The van der Waals surface area contributed by atoms with Crippen molar-refractivity contribution in [2.75, 3.05) is 36.5 Å². The normalized spacial score (nSPS) is 14.1. The van der Waals surface area contributed by atoms with E-state index in [9.17, 15) is 18.4 Å². The van der Waals surface area contributed by atoms with E-state index in [4.69, 9.17) is 0 Å². The Hall–Kier alpha value is -2.96. The van der Waals surface area contributed by atoms with Gasteiger partial charge in [0.15, 0.2) is 11.6 Å². The van der Waals surface area contributed by atoms with Gasteiger partial charge in [0, 0.05) is 37.6 Å². The fraction of sp³-hybridized carbons (Fsp3) is 0.222. The lowest BCUT2D eigenvalue weighted by atomic mass is 10.3. The van der Waals surface area contributed by atoms with E-state index >= 15 is 0 Å². The molecule has 0 unspecified atom stereocenters. The molecule has 7 heteroatoms. The first-order valence-corrected chi connectivity index (χ1v) is 7.80. The lowest BCUT2D eigenvalue weighted by Gasteiger charge is -2.22. The van der Waals surface area contributed by atoms with Crippen LogP contribution in [0.25, 0.3) is 0 Å². The Morgan fingerprint density at radius 3 is 2.48 bits per heavy atom.